The van der Waals surface area contributed by atoms with Crippen LogP contribution in [0.4, 0.5) is 0 Å². The Morgan fingerprint density at radius 2 is 1.68 bits per heavy atom. The molecule has 0 spiro atoms. The third-order valence-corrected chi connectivity index (χ3v) is 4.35. The maximum Gasteiger partial charge on any atom is 0.251 e. The number of ether oxygens (including phenoxy) is 1. The summed E-state index contributed by atoms with van der Waals surface area (Å²) in [6, 6.07) is 0. The Morgan fingerprint density at radius 1 is 1.16 bits per heavy atom. The average Bonchev–Trinajstić information content (AvgIpc) is 2.34. The zero-order valence-corrected chi connectivity index (χ0v) is 12.9. The summed E-state index contributed by atoms with van der Waals surface area (Å²) in [7, 11) is -3.15. The predicted molar refractivity (Wildman–Crippen MR) is 73.2 cm³/mol. The highest BCUT2D eigenvalue weighted by atomic mass is 32.2. The Labute approximate surface area is 115 Å². The number of sulfonamides is 1. The molecule has 1 atom stereocenters. The van der Waals surface area contributed by atoms with Crippen LogP contribution in [0.25, 0.3) is 0 Å². The van der Waals surface area contributed by atoms with Gasteiger partial charge in [-0.1, -0.05) is 13.8 Å². The van der Waals surface area contributed by atoms with Crippen molar-refractivity contribution in [3.05, 3.63) is 0 Å². The fourth-order valence-corrected chi connectivity index (χ4v) is 2.73. The molecule has 19 heavy (non-hydrogen) atoms. The highest BCUT2D eigenvalue weighted by Gasteiger charge is 2.28. The number of carbonyl (C=O) groups is 1. The van der Waals surface area contributed by atoms with Gasteiger partial charge in [0.1, 0.15) is 6.10 Å². The van der Waals surface area contributed by atoms with E-state index in [4.69, 9.17) is 4.74 Å². The van der Waals surface area contributed by atoms with Crippen molar-refractivity contribution in [1.29, 1.82) is 0 Å². The van der Waals surface area contributed by atoms with Crippen LogP contribution in [0.15, 0.2) is 0 Å². The van der Waals surface area contributed by atoms with Gasteiger partial charge in [-0.15, -0.1) is 0 Å². The van der Waals surface area contributed by atoms with E-state index in [-0.39, 0.29) is 5.91 Å². The molecular weight excluding hydrogens is 268 g/mol. The monoisotopic (exact) mass is 292 g/mol. The van der Waals surface area contributed by atoms with Gasteiger partial charge in [-0.3, -0.25) is 4.79 Å². The number of amides is 1. The molecule has 0 aromatic carbocycles. The molecule has 0 aromatic heterocycles. The second kappa shape index (κ2) is 6.67. The molecule has 0 N–H and O–H groups in total. The summed E-state index contributed by atoms with van der Waals surface area (Å²) >= 11 is 0. The molecule has 1 rings (SSSR count). The molecule has 6 nitrogen and oxygen atoms in total. The molecule has 112 valence electrons. The lowest BCUT2D eigenvalue weighted by molar-refractivity contribution is -0.144. The topological polar surface area (TPSA) is 66.9 Å². The fraction of sp³-hybridized carbons (Fsp3) is 0.917. The van der Waals surface area contributed by atoms with Crippen LogP contribution in [-0.2, 0) is 19.6 Å². The smallest absolute Gasteiger partial charge is 0.251 e. The zero-order valence-electron chi connectivity index (χ0n) is 12.1. The number of hydrogen-bond acceptors (Lipinski definition) is 4. The molecule has 0 aromatic rings. The van der Waals surface area contributed by atoms with E-state index in [1.807, 2.05) is 13.8 Å². The second-order valence-electron chi connectivity index (χ2n) is 5.36. The van der Waals surface area contributed by atoms with E-state index in [0.717, 1.165) is 0 Å². The maximum atomic E-state index is 12.1. The minimum absolute atomic E-state index is 0.0613. The molecule has 0 saturated carbocycles. The van der Waals surface area contributed by atoms with Gasteiger partial charge in [-0.05, 0) is 12.8 Å². The Balaban J connectivity index is 2.44. The molecule has 1 heterocycles. The Morgan fingerprint density at radius 3 is 2.11 bits per heavy atom. The minimum Gasteiger partial charge on any atom is -0.368 e. The standard InChI is InChI=1S/C12H24N2O4S/c1-10(2)9-18-11(3)12(15)13-5-7-14(8-6-13)19(4,16)17/h10-11H,5-9H2,1-4H3/t11-/m1/s1. The summed E-state index contributed by atoms with van der Waals surface area (Å²) in [6.45, 7) is 7.94. The van der Waals surface area contributed by atoms with Gasteiger partial charge in [0, 0.05) is 32.8 Å². The van der Waals surface area contributed by atoms with Gasteiger partial charge in [0.05, 0.1) is 6.26 Å². The Kier molecular flexibility index (Phi) is 5.76. The van der Waals surface area contributed by atoms with Gasteiger partial charge in [-0.25, -0.2) is 8.42 Å². The molecule has 1 saturated heterocycles. The second-order valence-corrected chi connectivity index (χ2v) is 7.34. The van der Waals surface area contributed by atoms with Crippen molar-refractivity contribution < 1.29 is 17.9 Å². The number of rotatable bonds is 5. The number of piperazine rings is 1. The summed E-state index contributed by atoms with van der Waals surface area (Å²) < 4.78 is 29.6. The van der Waals surface area contributed by atoms with Crippen molar-refractivity contribution in [2.45, 2.75) is 26.9 Å². The first-order valence-electron chi connectivity index (χ1n) is 6.57. The van der Waals surface area contributed by atoms with Crippen LogP contribution in [0.3, 0.4) is 0 Å². The highest BCUT2D eigenvalue weighted by molar-refractivity contribution is 7.88. The molecular formula is C12H24N2O4S. The van der Waals surface area contributed by atoms with Gasteiger partial charge in [0.25, 0.3) is 5.91 Å². The Hall–Kier alpha value is -0.660. The largest absolute Gasteiger partial charge is 0.368 e. The summed E-state index contributed by atoms with van der Waals surface area (Å²) in [5.74, 6) is 0.325. The summed E-state index contributed by atoms with van der Waals surface area (Å²) in [5.41, 5.74) is 0. The third-order valence-electron chi connectivity index (χ3n) is 3.05. The molecule has 1 amide bonds. The van der Waals surface area contributed by atoms with Crippen molar-refractivity contribution in [3.8, 4) is 0 Å². The summed E-state index contributed by atoms with van der Waals surface area (Å²) in [4.78, 5) is 13.8. The van der Waals surface area contributed by atoms with Crippen molar-refractivity contribution in [3.63, 3.8) is 0 Å². The van der Waals surface area contributed by atoms with Crippen LogP contribution in [0, 0.1) is 5.92 Å². The van der Waals surface area contributed by atoms with Crippen LogP contribution in [0.2, 0.25) is 0 Å². The van der Waals surface area contributed by atoms with E-state index < -0.39 is 16.1 Å². The van der Waals surface area contributed by atoms with Crippen LogP contribution < -0.4 is 0 Å². The van der Waals surface area contributed by atoms with Crippen molar-refractivity contribution >= 4 is 15.9 Å². The van der Waals surface area contributed by atoms with E-state index in [1.165, 1.54) is 10.6 Å². The summed E-state index contributed by atoms with van der Waals surface area (Å²) in [6.07, 6.45) is 0.728. The van der Waals surface area contributed by atoms with E-state index in [2.05, 4.69) is 0 Å². The number of nitrogens with zero attached hydrogens (tertiary/aromatic N) is 2. The molecule has 0 radical (unpaired) electrons. The average molecular weight is 292 g/mol. The van der Waals surface area contributed by atoms with Gasteiger partial charge < -0.3 is 9.64 Å². The molecule has 0 aliphatic carbocycles. The predicted octanol–water partition coefficient (Wildman–Crippen LogP) is 0.151. The maximum absolute atomic E-state index is 12.1. The molecule has 0 unspecified atom stereocenters. The lowest BCUT2D eigenvalue weighted by Gasteiger charge is -2.34. The molecule has 0 bridgehead atoms. The van der Waals surface area contributed by atoms with Crippen molar-refractivity contribution in [2.24, 2.45) is 5.92 Å². The first kappa shape index (κ1) is 16.4. The lowest BCUT2D eigenvalue weighted by Crippen LogP contribution is -2.52. The SMILES string of the molecule is CC(C)CO[C@H](C)C(=O)N1CCN(S(C)(=O)=O)CC1. The molecule has 1 aliphatic rings. The van der Waals surface area contributed by atoms with Crippen LogP contribution in [0.5, 0.6) is 0 Å². The molecule has 1 aliphatic heterocycles. The lowest BCUT2D eigenvalue weighted by atomic mass is 10.2. The van der Waals surface area contributed by atoms with Gasteiger partial charge >= 0.3 is 0 Å². The van der Waals surface area contributed by atoms with E-state index >= 15 is 0 Å². The van der Waals surface area contributed by atoms with Gasteiger partial charge in [-0.2, -0.15) is 4.31 Å². The normalized spacial score (nSPS) is 19.7. The quantitative estimate of drug-likeness (QED) is 0.723. The Bertz CT molecular complexity index is 400. The van der Waals surface area contributed by atoms with E-state index in [1.54, 1.807) is 11.8 Å². The van der Waals surface area contributed by atoms with Crippen molar-refractivity contribution in [2.75, 3.05) is 39.0 Å². The van der Waals surface area contributed by atoms with E-state index in [0.29, 0.717) is 38.7 Å². The summed E-state index contributed by atoms with van der Waals surface area (Å²) in [5, 5.41) is 0. The highest BCUT2D eigenvalue weighted by Crippen LogP contribution is 2.09. The van der Waals surface area contributed by atoms with Gasteiger partial charge in [0.15, 0.2) is 0 Å². The van der Waals surface area contributed by atoms with Gasteiger partial charge in [0.2, 0.25) is 10.0 Å². The first-order valence-corrected chi connectivity index (χ1v) is 8.42. The number of carbonyl (C=O) groups excluding carboxylic acids is 1. The zero-order chi connectivity index (χ0) is 14.6. The molecule has 7 heteroatoms. The number of hydrogen-bond donors (Lipinski definition) is 0. The van der Waals surface area contributed by atoms with E-state index in [9.17, 15) is 13.2 Å². The fourth-order valence-electron chi connectivity index (χ4n) is 1.91. The van der Waals surface area contributed by atoms with Crippen molar-refractivity contribution in [1.82, 2.24) is 9.21 Å². The van der Waals surface area contributed by atoms with Crippen LogP contribution >= 0.6 is 0 Å². The molecule has 1 fully saturated rings. The van der Waals surface area contributed by atoms with Crippen LogP contribution in [-0.4, -0.2) is 68.7 Å². The van der Waals surface area contributed by atoms with Crippen LogP contribution in [0.1, 0.15) is 20.8 Å². The third kappa shape index (κ3) is 5.08. The minimum atomic E-state index is -3.15. The first-order chi connectivity index (χ1) is 8.71.